The molecule has 1 aliphatic carbocycles. The minimum absolute atomic E-state index is 0.0574. The van der Waals surface area contributed by atoms with Crippen molar-refractivity contribution in [2.24, 2.45) is 11.5 Å². The third-order valence-corrected chi connectivity index (χ3v) is 5.19. The van der Waals surface area contributed by atoms with Crippen LogP contribution in [0.3, 0.4) is 0 Å². The minimum Gasteiger partial charge on any atom is -0.370 e. The van der Waals surface area contributed by atoms with Crippen molar-refractivity contribution in [2.75, 3.05) is 13.1 Å². The summed E-state index contributed by atoms with van der Waals surface area (Å²) in [6.07, 6.45) is 2.23. The molecule has 164 valence electrons. The molecular weight excluding hydrogens is 386 g/mol. The standard InChI is InChI=1S/C21H31N5O4/c1-14(27)25-17(8-9-18(23)28)19(29)26-21(20(30)24-11-5-4-10-22)12-15-6-2-3-7-16(15)13-21/h2-3,6-7,17H,4-5,8-13,22H2,1H3,(H2,23,28)(H,24,30)(H,25,27)(H,26,29)/t17-/m0/s1. The van der Waals surface area contributed by atoms with Gasteiger partial charge in [0.2, 0.25) is 23.6 Å². The van der Waals surface area contributed by atoms with Crippen LogP contribution in [0.1, 0.15) is 43.7 Å². The molecule has 0 spiro atoms. The molecule has 0 saturated carbocycles. The van der Waals surface area contributed by atoms with Crippen LogP contribution in [0, 0.1) is 0 Å². The zero-order valence-corrected chi connectivity index (χ0v) is 17.3. The Morgan fingerprint density at radius 3 is 2.27 bits per heavy atom. The van der Waals surface area contributed by atoms with Crippen LogP contribution in [0.2, 0.25) is 0 Å². The maximum Gasteiger partial charge on any atom is 0.246 e. The second-order valence-electron chi connectivity index (χ2n) is 7.70. The molecule has 1 aromatic carbocycles. The lowest BCUT2D eigenvalue weighted by molar-refractivity contribution is -0.135. The molecule has 0 saturated heterocycles. The van der Waals surface area contributed by atoms with E-state index in [4.69, 9.17) is 11.5 Å². The van der Waals surface area contributed by atoms with E-state index in [1.165, 1.54) is 6.92 Å². The minimum atomic E-state index is -1.16. The largest absolute Gasteiger partial charge is 0.370 e. The van der Waals surface area contributed by atoms with Crippen LogP contribution in [-0.2, 0) is 32.0 Å². The molecule has 0 aromatic heterocycles. The SMILES string of the molecule is CC(=O)N[C@@H](CCC(N)=O)C(=O)NC1(C(=O)NCCCCN)Cc2ccccc2C1. The fourth-order valence-electron chi connectivity index (χ4n) is 3.69. The number of unbranched alkanes of at least 4 members (excludes halogenated alkanes) is 1. The Morgan fingerprint density at radius 2 is 1.73 bits per heavy atom. The molecule has 0 bridgehead atoms. The summed E-state index contributed by atoms with van der Waals surface area (Å²) in [5.74, 6) is -1.77. The summed E-state index contributed by atoms with van der Waals surface area (Å²) < 4.78 is 0. The number of amides is 4. The molecule has 0 heterocycles. The highest BCUT2D eigenvalue weighted by Crippen LogP contribution is 2.30. The first kappa shape index (κ1) is 23.3. The van der Waals surface area contributed by atoms with E-state index in [-0.39, 0.29) is 18.7 Å². The van der Waals surface area contributed by atoms with Gasteiger partial charge in [-0.2, -0.15) is 0 Å². The van der Waals surface area contributed by atoms with Gasteiger partial charge in [0, 0.05) is 32.7 Å². The van der Waals surface area contributed by atoms with Crippen LogP contribution in [0.25, 0.3) is 0 Å². The predicted octanol–water partition coefficient (Wildman–Crippen LogP) is -0.734. The molecule has 1 aliphatic rings. The van der Waals surface area contributed by atoms with E-state index in [1.54, 1.807) is 0 Å². The molecule has 0 fully saturated rings. The van der Waals surface area contributed by atoms with Crippen molar-refractivity contribution in [3.63, 3.8) is 0 Å². The maximum absolute atomic E-state index is 13.1. The number of nitrogens with two attached hydrogens (primary N) is 2. The Kier molecular flexibility index (Phi) is 8.35. The lowest BCUT2D eigenvalue weighted by Gasteiger charge is -2.31. The molecule has 1 aromatic rings. The monoisotopic (exact) mass is 417 g/mol. The highest BCUT2D eigenvalue weighted by atomic mass is 16.2. The van der Waals surface area contributed by atoms with Gasteiger partial charge >= 0.3 is 0 Å². The molecule has 0 unspecified atom stereocenters. The number of fused-ring (bicyclic) bond motifs is 1. The molecule has 30 heavy (non-hydrogen) atoms. The van der Waals surface area contributed by atoms with Crippen molar-refractivity contribution in [3.05, 3.63) is 35.4 Å². The van der Waals surface area contributed by atoms with E-state index in [1.807, 2.05) is 24.3 Å². The van der Waals surface area contributed by atoms with Gasteiger partial charge in [-0.05, 0) is 36.9 Å². The summed E-state index contributed by atoms with van der Waals surface area (Å²) >= 11 is 0. The van der Waals surface area contributed by atoms with Crippen LogP contribution in [0.5, 0.6) is 0 Å². The number of carbonyl (C=O) groups excluding carboxylic acids is 4. The van der Waals surface area contributed by atoms with Crippen LogP contribution in [-0.4, -0.2) is 48.3 Å². The van der Waals surface area contributed by atoms with Crippen molar-refractivity contribution in [2.45, 2.75) is 57.0 Å². The molecule has 4 amide bonds. The fourth-order valence-corrected chi connectivity index (χ4v) is 3.69. The Balaban J connectivity index is 2.19. The second-order valence-corrected chi connectivity index (χ2v) is 7.70. The quantitative estimate of drug-likeness (QED) is 0.300. The van der Waals surface area contributed by atoms with Gasteiger partial charge in [0.15, 0.2) is 0 Å². The molecule has 1 atom stereocenters. The summed E-state index contributed by atoms with van der Waals surface area (Å²) in [5.41, 5.74) is 11.5. The number of carbonyl (C=O) groups is 4. The average molecular weight is 418 g/mol. The van der Waals surface area contributed by atoms with Crippen molar-refractivity contribution >= 4 is 23.6 Å². The van der Waals surface area contributed by atoms with Crippen molar-refractivity contribution in [1.82, 2.24) is 16.0 Å². The lowest BCUT2D eigenvalue weighted by atomic mass is 9.93. The molecule has 9 heteroatoms. The molecular formula is C21H31N5O4. The van der Waals surface area contributed by atoms with E-state index in [0.717, 1.165) is 24.0 Å². The number of primary amides is 1. The van der Waals surface area contributed by atoms with Crippen molar-refractivity contribution < 1.29 is 19.2 Å². The van der Waals surface area contributed by atoms with Crippen LogP contribution < -0.4 is 27.4 Å². The molecule has 7 N–H and O–H groups in total. The molecule has 2 rings (SSSR count). The van der Waals surface area contributed by atoms with Gasteiger partial charge in [-0.25, -0.2) is 0 Å². The zero-order chi connectivity index (χ0) is 22.1. The number of hydrogen-bond donors (Lipinski definition) is 5. The lowest BCUT2D eigenvalue weighted by Crippen LogP contribution is -2.63. The molecule has 9 nitrogen and oxygen atoms in total. The van der Waals surface area contributed by atoms with E-state index >= 15 is 0 Å². The zero-order valence-electron chi connectivity index (χ0n) is 17.3. The van der Waals surface area contributed by atoms with Gasteiger partial charge in [-0.15, -0.1) is 0 Å². The summed E-state index contributed by atoms with van der Waals surface area (Å²) in [6, 6.07) is 6.69. The van der Waals surface area contributed by atoms with Gasteiger partial charge in [-0.3, -0.25) is 19.2 Å². The average Bonchev–Trinajstić information content (AvgIpc) is 3.07. The predicted molar refractivity (Wildman–Crippen MR) is 112 cm³/mol. The van der Waals surface area contributed by atoms with Gasteiger partial charge in [0.05, 0.1) is 0 Å². The van der Waals surface area contributed by atoms with E-state index in [0.29, 0.717) is 25.9 Å². The summed E-state index contributed by atoms with van der Waals surface area (Å²) in [5, 5.41) is 8.31. The summed E-state index contributed by atoms with van der Waals surface area (Å²) in [4.78, 5) is 48.8. The first-order valence-corrected chi connectivity index (χ1v) is 10.2. The van der Waals surface area contributed by atoms with Gasteiger partial charge in [-0.1, -0.05) is 24.3 Å². The molecule has 0 radical (unpaired) electrons. The first-order chi connectivity index (χ1) is 14.3. The smallest absolute Gasteiger partial charge is 0.246 e. The molecule has 0 aliphatic heterocycles. The highest BCUT2D eigenvalue weighted by Gasteiger charge is 2.45. The van der Waals surface area contributed by atoms with Crippen molar-refractivity contribution in [3.8, 4) is 0 Å². The van der Waals surface area contributed by atoms with Crippen LogP contribution >= 0.6 is 0 Å². The third-order valence-electron chi connectivity index (χ3n) is 5.19. The summed E-state index contributed by atoms with van der Waals surface area (Å²) in [6.45, 7) is 2.29. The van der Waals surface area contributed by atoms with Gasteiger partial charge in [0.25, 0.3) is 0 Å². The van der Waals surface area contributed by atoms with E-state index in [2.05, 4.69) is 16.0 Å². The Bertz CT molecular complexity index is 770. The number of hydrogen-bond acceptors (Lipinski definition) is 5. The Labute approximate surface area is 176 Å². The number of rotatable bonds is 11. The summed E-state index contributed by atoms with van der Waals surface area (Å²) in [7, 11) is 0. The topological polar surface area (TPSA) is 156 Å². The second kappa shape index (κ2) is 10.7. The van der Waals surface area contributed by atoms with E-state index < -0.39 is 29.3 Å². The Hall–Kier alpha value is -2.94. The normalized spacial score (nSPS) is 15.0. The number of benzene rings is 1. The highest BCUT2D eigenvalue weighted by molar-refractivity contribution is 5.95. The first-order valence-electron chi connectivity index (χ1n) is 10.2. The van der Waals surface area contributed by atoms with Gasteiger partial charge < -0.3 is 27.4 Å². The Morgan fingerprint density at radius 1 is 1.10 bits per heavy atom. The van der Waals surface area contributed by atoms with E-state index in [9.17, 15) is 19.2 Å². The third kappa shape index (κ3) is 6.28. The van der Waals surface area contributed by atoms with Crippen LogP contribution in [0.15, 0.2) is 24.3 Å². The van der Waals surface area contributed by atoms with Gasteiger partial charge in [0.1, 0.15) is 11.6 Å². The fraction of sp³-hybridized carbons (Fsp3) is 0.524. The van der Waals surface area contributed by atoms with Crippen molar-refractivity contribution in [1.29, 1.82) is 0 Å². The van der Waals surface area contributed by atoms with Crippen LogP contribution in [0.4, 0.5) is 0 Å². The maximum atomic E-state index is 13.1. The number of nitrogens with one attached hydrogen (secondary N) is 3.